The second-order valence-electron chi connectivity index (χ2n) is 4.90. The SMILES string of the molecule is CC(C)CCc1ccsc1CC(C)C. The van der Waals surface area contributed by atoms with Crippen molar-refractivity contribution in [2.45, 2.75) is 47.0 Å². The number of hydrogen-bond acceptors (Lipinski definition) is 1. The smallest absolute Gasteiger partial charge is 0.00797 e. The highest BCUT2D eigenvalue weighted by molar-refractivity contribution is 7.10. The highest BCUT2D eigenvalue weighted by Crippen LogP contribution is 2.22. The van der Waals surface area contributed by atoms with Crippen molar-refractivity contribution in [2.24, 2.45) is 11.8 Å². The lowest BCUT2D eigenvalue weighted by Crippen LogP contribution is -1.97. The van der Waals surface area contributed by atoms with E-state index in [1.165, 1.54) is 19.3 Å². The van der Waals surface area contributed by atoms with Crippen LogP contribution >= 0.6 is 11.3 Å². The Kier molecular flexibility index (Phi) is 4.67. The van der Waals surface area contributed by atoms with Crippen LogP contribution in [0.4, 0.5) is 0 Å². The van der Waals surface area contributed by atoms with Crippen LogP contribution in [-0.2, 0) is 12.8 Å². The van der Waals surface area contributed by atoms with Crippen LogP contribution in [0.2, 0.25) is 0 Å². The summed E-state index contributed by atoms with van der Waals surface area (Å²) in [4.78, 5) is 1.61. The first kappa shape index (κ1) is 11.8. The van der Waals surface area contributed by atoms with E-state index in [1.54, 1.807) is 10.4 Å². The lowest BCUT2D eigenvalue weighted by Gasteiger charge is -2.07. The van der Waals surface area contributed by atoms with Crippen LogP contribution in [0, 0.1) is 11.8 Å². The molecule has 0 nitrogen and oxygen atoms in total. The van der Waals surface area contributed by atoms with E-state index >= 15 is 0 Å². The minimum Gasteiger partial charge on any atom is -0.149 e. The summed E-state index contributed by atoms with van der Waals surface area (Å²) < 4.78 is 0. The molecule has 0 atom stereocenters. The summed E-state index contributed by atoms with van der Waals surface area (Å²) in [6, 6.07) is 2.31. The molecule has 0 aliphatic heterocycles. The Morgan fingerprint density at radius 2 is 1.86 bits per heavy atom. The quantitative estimate of drug-likeness (QED) is 0.669. The molecule has 1 aromatic heterocycles. The summed E-state index contributed by atoms with van der Waals surface area (Å²) in [6.07, 6.45) is 3.84. The first-order chi connectivity index (χ1) is 6.59. The van der Waals surface area contributed by atoms with Crippen molar-refractivity contribution in [1.82, 2.24) is 0 Å². The van der Waals surface area contributed by atoms with Crippen LogP contribution in [0.25, 0.3) is 0 Å². The van der Waals surface area contributed by atoms with E-state index in [2.05, 4.69) is 39.1 Å². The maximum absolute atomic E-state index is 2.31. The molecule has 0 saturated carbocycles. The highest BCUT2D eigenvalue weighted by atomic mass is 32.1. The minimum absolute atomic E-state index is 0.784. The van der Waals surface area contributed by atoms with Crippen LogP contribution in [0.3, 0.4) is 0 Å². The molecule has 0 amide bonds. The van der Waals surface area contributed by atoms with Crippen molar-refractivity contribution in [3.8, 4) is 0 Å². The summed E-state index contributed by atoms with van der Waals surface area (Å²) in [7, 11) is 0. The Labute approximate surface area is 92.4 Å². The van der Waals surface area contributed by atoms with Crippen molar-refractivity contribution in [3.63, 3.8) is 0 Å². The van der Waals surface area contributed by atoms with Gasteiger partial charge >= 0.3 is 0 Å². The second kappa shape index (κ2) is 5.55. The molecule has 0 unspecified atom stereocenters. The Morgan fingerprint density at radius 3 is 2.43 bits per heavy atom. The Hall–Kier alpha value is -0.300. The van der Waals surface area contributed by atoms with Gasteiger partial charge in [0.15, 0.2) is 0 Å². The standard InChI is InChI=1S/C13H22S/c1-10(2)5-6-12-7-8-14-13(12)9-11(3)4/h7-8,10-11H,5-6,9H2,1-4H3. The molecular weight excluding hydrogens is 188 g/mol. The molecule has 0 bridgehead atoms. The molecule has 0 fully saturated rings. The molecule has 14 heavy (non-hydrogen) atoms. The Morgan fingerprint density at radius 1 is 1.14 bits per heavy atom. The van der Waals surface area contributed by atoms with Gasteiger partial charge in [0.25, 0.3) is 0 Å². The van der Waals surface area contributed by atoms with Gasteiger partial charge in [-0.05, 0) is 48.1 Å². The van der Waals surface area contributed by atoms with Crippen LogP contribution in [0.15, 0.2) is 11.4 Å². The van der Waals surface area contributed by atoms with Crippen molar-refractivity contribution >= 4 is 11.3 Å². The highest BCUT2D eigenvalue weighted by Gasteiger charge is 2.06. The topological polar surface area (TPSA) is 0 Å². The van der Waals surface area contributed by atoms with E-state index in [9.17, 15) is 0 Å². The van der Waals surface area contributed by atoms with Crippen LogP contribution in [-0.4, -0.2) is 0 Å². The number of rotatable bonds is 5. The first-order valence-corrected chi connectivity index (χ1v) is 6.52. The molecule has 1 aromatic rings. The predicted molar refractivity (Wildman–Crippen MR) is 66.0 cm³/mol. The summed E-state index contributed by atoms with van der Waals surface area (Å²) in [5.41, 5.74) is 1.59. The van der Waals surface area contributed by atoms with E-state index in [0.717, 1.165) is 11.8 Å². The van der Waals surface area contributed by atoms with E-state index in [1.807, 2.05) is 11.3 Å². The number of thiophene rings is 1. The molecule has 0 saturated heterocycles. The fourth-order valence-corrected chi connectivity index (χ4v) is 2.73. The maximum atomic E-state index is 2.31. The minimum atomic E-state index is 0.784. The number of aryl methyl sites for hydroxylation is 1. The molecule has 0 spiro atoms. The third-order valence-corrected chi connectivity index (χ3v) is 3.41. The largest absolute Gasteiger partial charge is 0.149 e. The fourth-order valence-electron chi connectivity index (χ4n) is 1.58. The summed E-state index contributed by atoms with van der Waals surface area (Å²) >= 11 is 1.93. The van der Waals surface area contributed by atoms with Gasteiger partial charge < -0.3 is 0 Å². The molecule has 0 aliphatic carbocycles. The van der Waals surface area contributed by atoms with Crippen LogP contribution < -0.4 is 0 Å². The van der Waals surface area contributed by atoms with E-state index in [4.69, 9.17) is 0 Å². The fraction of sp³-hybridized carbons (Fsp3) is 0.692. The molecule has 1 rings (SSSR count). The Bertz CT molecular complexity index is 258. The lowest BCUT2D eigenvalue weighted by atomic mass is 10.0. The average molecular weight is 210 g/mol. The van der Waals surface area contributed by atoms with Crippen LogP contribution in [0.5, 0.6) is 0 Å². The van der Waals surface area contributed by atoms with Gasteiger partial charge in [-0.25, -0.2) is 0 Å². The Balaban J connectivity index is 2.53. The molecule has 0 N–H and O–H groups in total. The second-order valence-corrected chi connectivity index (χ2v) is 5.90. The van der Waals surface area contributed by atoms with Gasteiger partial charge in [0.2, 0.25) is 0 Å². The monoisotopic (exact) mass is 210 g/mol. The van der Waals surface area contributed by atoms with Gasteiger partial charge in [0.1, 0.15) is 0 Å². The molecule has 0 radical (unpaired) electrons. The average Bonchev–Trinajstić information content (AvgIpc) is 2.47. The van der Waals surface area contributed by atoms with Crippen molar-refractivity contribution < 1.29 is 0 Å². The first-order valence-electron chi connectivity index (χ1n) is 5.64. The van der Waals surface area contributed by atoms with E-state index in [-0.39, 0.29) is 0 Å². The van der Waals surface area contributed by atoms with E-state index < -0.39 is 0 Å². The molecule has 0 aromatic carbocycles. The van der Waals surface area contributed by atoms with Gasteiger partial charge in [-0.2, -0.15) is 0 Å². The van der Waals surface area contributed by atoms with Gasteiger partial charge in [-0.15, -0.1) is 11.3 Å². The molecular formula is C13H22S. The van der Waals surface area contributed by atoms with Crippen molar-refractivity contribution in [3.05, 3.63) is 21.9 Å². The summed E-state index contributed by atoms with van der Waals surface area (Å²) in [6.45, 7) is 9.20. The van der Waals surface area contributed by atoms with Crippen LogP contribution in [0.1, 0.15) is 44.6 Å². The van der Waals surface area contributed by atoms with Gasteiger partial charge in [0.05, 0.1) is 0 Å². The molecule has 1 heteroatoms. The zero-order chi connectivity index (χ0) is 10.6. The molecule has 1 heterocycles. The van der Waals surface area contributed by atoms with Crippen molar-refractivity contribution in [2.75, 3.05) is 0 Å². The van der Waals surface area contributed by atoms with Crippen molar-refractivity contribution in [1.29, 1.82) is 0 Å². The van der Waals surface area contributed by atoms with Gasteiger partial charge in [-0.1, -0.05) is 27.7 Å². The van der Waals surface area contributed by atoms with Gasteiger partial charge in [0, 0.05) is 4.88 Å². The zero-order valence-electron chi connectivity index (χ0n) is 9.84. The number of hydrogen-bond donors (Lipinski definition) is 0. The molecule has 80 valence electrons. The van der Waals surface area contributed by atoms with E-state index in [0.29, 0.717) is 0 Å². The maximum Gasteiger partial charge on any atom is 0.00797 e. The zero-order valence-corrected chi connectivity index (χ0v) is 10.7. The lowest BCUT2D eigenvalue weighted by molar-refractivity contribution is 0.582. The van der Waals surface area contributed by atoms with Gasteiger partial charge in [-0.3, -0.25) is 0 Å². The summed E-state index contributed by atoms with van der Waals surface area (Å²) in [5, 5.41) is 2.24. The third-order valence-electron chi connectivity index (χ3n) is 2.42. The normalized spacial score (nSPS) is 11.6. The molecule has 0 aliphatic rings. The third kappa shape index (κ3) is 3.83. The summed E-state index contributed by atoms with van der Waals surface area (Å²) in [5.74, 6) is 1.60. The predicted octanol–water partition coefficient (Wildman–Crippen LogP) is 4.54.